The summed E-state index contributed by atoms with van der Waals surface area (Å²) in [6.07, 6.45) is 2.02. The third-order valence-electron chi connectivity index (χ3n) is 5.22. The van der Waals surface area contributed by atoms with E-state index in [0.29, 0.717) is 0 Å². The Labute approximate surface area is 181 Å². The number of methoxy groups -OCH3 is 2. The third-order valence-corrected chi connectivity index (χ3v) is 5.22. The lowest BCUT2D eigenvalue weighted by molar-refractivity contribution is -0.154. The van der Waals surface area contributed by atoms with E-state index in [1.54, 1.807) is 0 Å². The molecule has 7 heteroatoms. The average Bonchev–Trinajstić information content (AvgIpc) is 3.22. The summed E-state index contributed by atoms with van der Waals surface area (Å²) in [4.78, 5) is 42.2. The Kier molecular flexibility index (Phi) is 7.43. The normalized spacial score (nSPS) is 11.7. The highest BCUT2D eigenvalue weighted by Crippen LogP contribution is 2.23. The van der Waals surface area contributed by atoms with Crippen LogP contribution in [-0.2, 0) is 36.8 Å². The summed E-state index contributed by atoms with van der Waals surface area (Å²) in [6, 6.07) is 16.4. The maximum Gasteiger partial charge on any atom is 0.328 e. The van der Waals surface area contributed by atoms with E-state index in [2.05, 4.69) is 9.72 Å². The number of aromatic amines is 1. The number of carbonyl (C=O) groups is 3. The lowest BCUT2D eigenvalue weighted by Gasteiger charge is -2.30. The number of aromatic nitrogens is 1. The van der Waals surface area contributed by atoms with Gasteiger partial charge in [-0.25, -0.2) is 4.79 Å². The van der Waals surface area contributed by atoms with Gasteiger partial charge in [0.2, 0.25) is 5.91 Å². The van der Waals surface area contributed by atoms with Crippen LogP contribution in [0.15, 0.2) is 60.8 Å². The zero-order valence-electron chi connectivity index (χ0n) is 17.7. The van der Waals surface area contributed by atoms with E-state index in [1.165, 1.54) is 19.1 Å². The first-order valence-corrected chi connectivity index (χ1v) is 10.1. The fraction of sp³-hybridized carbons (Fsp3) is 0.292. The van der Waals surface area contributed by atoms with Crippen molar-refractivity contribution in [2.45, 2.75) is 31.8 Å². The Hall–Kier alpha value is -3.61. The molecule has 1 unspecified atom stereocenters. The minimum Gasteiger partial charge on any atom is -0.469 e. The molecule has 0 bridgehead atoms. The van der Waals surface area contributed by atoms with Gasteiger partial charge < -0.3 is 19.4 Å². The predicted octanol–water partition coefficient (Wildman–Crippen LogP) is 3.23. The van der Waals surface area contributed by atoms with Crippen molar-refractivity contribution in [3.05, 3.63) is 71.9 Å². The summed E-state index contributed by atoms with van der Waals surface area (Å²) in [5.74, 6) is -1.30. The van der Waals surface area contributed by atoms with Crippen molar-refractivity contribution < 1.29 is 23.9 Å². The van der Waals surface area contributed by atoms with E-state index >= 15 is 0 Å². The molecule has 162 valence electrons. The van der Waals surface area contributed by atoms with Crippen LogP contribution in [0.4, 0.5) is 0 Å². The average molecular weight is 422 g/mol. The summed E-state index contributed by atoms with van der Waals surface area (Å²) in [5.41, 5.74) is 2.74. The van der Waals surface area contributed by atoms with Gasteiger partial charge in [-0.3, -0.25) is 9.59 Å². The van der Waals surface area contributed by atoms with Gasteiger partial charge in [0.05, 0.1) is 20.6 Å². The number of benzene rings is 2. The number of hydrogen-bond donors (Lipinski definition) is 1. The van der Waals surface area contributed by atoms with Crippen molar-refractivity contribution in [1.82, 2.24) is 9.88 Å². The van der Waals surface area contributed by atoms with Crippen LogP contribution >= 0.6 is 0 Å². The van der Waals surface area contributed by atoms with E-state index < -0.39 is 18.0 Å². The first-order valence-electron chi connectivity index (χ1n) is 10.1. The lowest BCUT2D eigenvalue weighted by atomic mass is 10.0. The van der Waals surface area contributed by atoms with Crippen molar-refractivity contribution in [3.63, 3.8) is 0 Å². The highest BCUT2D eigenvalue weighted by atomic mass is 16.5. The van der Waals surface area contributed by atoms with Gasteiger partial charge in [-0.15, -0.1) is 0 Å². The summed E-state index contributed by atoms with van der Waals surface area (Å²) in [6.45, 7) is 0.225. The number of H-pyrrole nitrogens is 1. The van der Waals surface area contributed by atoms with Crippen LogP contribution < -0.4 is 0 Å². The second-order valence-corrected chi connectivity index (χ2v) is 7.19. The Morgan fingerprint density at radius 1 is 0.935 bits per heavy atom. The number of esters is 2. The molecule has 1 aromatic heterocycles. The standard InChI is InChI=1S/C24H26N2O5/c1-30-23(28)13-12-22(27)26(16-17-8-4-3-5-9-17)21(24(29)31-2)14-18-15-25-20-11-7-6-10-19(18)20/h3-11,15,21,25H,12-14,16H2,1-2H3. The minimum absolute atomic E-state index is 0.0540. The highest BCUT2D eigenvalue weighted by molar-refractivity contribution is 5.88. The van der Waals surface area contributed by atoms with Crippen molar-refractivity contribution in [1.29, 1.82) is 0 Å². The van der Waals surface area contributed by atoms with Gasteiger partial charge in [-0.05, 0) is 17.2 Å². The Morgan fingerprint density at radius 3 is 2.35 bits per heavy atom. The predicted molar refractivity (Wildman–Crippen MR) is 116 cm³/mol. The third kappa shape index (κ3) is 5.51. The second-order valence-electron chi connectivity index (χ2n) is 7.19. The molecule has 7 nitrogen and oxygen atoms in total. The quantitative estimate of drug-likeness (QED) is 0.535. The molecule has 0 fully saturated rings. The molecule has 3 rings (SSSR count). The maximum atomic E-state index is 13.1. The number of amides is 1. The molecular formula is C24H26N2O5. The number of fused-ring (bicyclic) bond motifs is 1. The lowest BCUT2D eigenvalue weighted by Crippen LogP contribution is -2.46. The van der Waals surface area contributed by atoms with Gasteiger partial charge >= 0.3 is 11.9 Å². The first-order chi connectivity index (χ1) is 15.0. The number of hydrogen-bond acceptors (Lipinski definition) is 5. The molecule has 0 aliphatic heterocycles. The minimum atomic E-state index is -0.838. The number of ether oxygens (including phenoxy) is 2. The SMILES string of the molecule is COC(=O)CCC(=O)N(Cc1ccccc1)C(Cc1c[nH]c2ccccc12)C(=O)OC. The summed E-state index contributed by atoms with van der Waals surface area (Å²) in [7, 11) is 2.59. The van der Waals surface area contributed by atoms with Crippen molar-refractivity contribution >= 4 is 28.7 Å². The molecular weight excluding hydrogens is 396 g/mol. The Balaban J connectivity index is 1.92. The Bertz CT molecular complexity index is 1040. The molecule has 0 spiro atoms. The smallest absolute Gasteiger partial charge is 0.328 e. The van der Waals surface area contributed by atoms with Gasteiger partial charge in [0.15, 0.2) is 0 Å². The molecule has 0 saturated carbocycles. The fourth-order valence-electron chi connectivity index (χ4n) is 3.57. The van der Waals surface area contributed by atoms with E-state index in [9.17, 15) is 14.4 Å². The van der Waals surface area contributed by atoms with Gasteiger partial charge in [0, 0.05) is 36.5 Å². The van der Waals surface area contributed by atoms with Crippen molar-refractivity contribution in [2.24, 2.45) is 0 Å². The van der Waals surface area contributed by atoms with Crippen LogP contribution in [-0.4, -0.2) is 48.0 Å². The van der Waals surface area contributed by atoms with E-state index in [1.807, 2.05) is 60.8 Å². The molecule has 1 amide bonds. The molecule has 1 heterocycles. The van der Waals surface area contributed by atoms with E-state index in [0.717, 1.165) is 22.0 Å². The highest BCUT2D eigenvalue weighted by Gasteiger charge is 2.32. The first kappa shape index (κ1) is 22.1. The summed E-state index contributed by atoms with van der Waals surface area (Å²) in [5, 5.41) is 0.984. The second kappa shape index (κ2) is 10.4. The monoisotopic (exact) mass is 422 g/mol. The zero-order valence-corrected chi connectivity index (χ0v) is 17.7. The van der Waals surface area contributed by atoms with Gasteiger partial charge in [0.25, 0.3) is 0 Å². The molecule has 0 saturated heterocycles. The van der Waals surface area contributed by atoms with Crippen molar-refractivity contribution in [2.75, 3.05) is 14.2 Å². The van der Waals surface area contributed by atoms with Crippen LogP contribution in [0.2, 0.25) is 0 Å². The van der Waals surface area contributed by atoms with Crippen LogP contribution in [0.3, 0.4) is 0 Å². The van der Waals surface area contributed by atoms with Crippen LogP contribution in [0, 0.1) is 0 Å². The molecule has 0 aliphatic carbocycles. The summed E-state index contributed by atoms with van der Waals surface area (Å²) >= 11 is 0. The number of para-hydroxylation sites is 1. The topological polar surface area (TPSA) is 88.7 Å². The molecule has 3 aromatic rings. The van der Waals surface area contributed by atoms with Gasteiger partial charge in [0.1, 0.15) is 6.04 Å². The molecule has 31 heavy (non-hydrogen) atoms. The van der Waals surface area contributed by atoms with E-state index in [-0.39, 0.29) is 31.7 Å². The van der Waals surface area contributed by atoms with Gasteiger partial charge in [-0.2, -0.15) is 0 Å². The molecule has 2 aromatic carbocycles. The van der Waals surface area contributed by atoms with Crippen LogP contribution in [0.1, 0.15) is 24.0 Å². The largest absolute Gasteiger partial charge is 0.469 e. The summed E-state index contributed by atoms with van der Waals surface area (Å²) < 4.78 is 9.71. The molecule has 1 N–H and O–H groups in total. The zero-order chi connectivity index (χ0) is 22.2. The molecule has 0 aliphatic rings. The number of rotatable bonds is 9. The number of carbonyl (C=O) groups excluding carboxylic acids is 3. The number of nitrogens with zero attached hydrogens (tertiary/aromatic N) is 1. The van der Waals surface area contributed by atoms with Crippen molar-refractivity contribution in [3.8, 4) is 0 Å². The van der Waals surface area contributed by atoms with Crippen LogP contribution in [0.5, 0.6) is 0 Å². The number of nitrogens with one attached hydrogen (secondary N) is 1. The fourth-order valence-corrected chi connectivity index (χ4v) is 3.57. The molecule has 1 atom stereocenters. The maximum absolute atomic E-state index is 13.1. The van der Waals surface area contributed by atoms with E-state index in [4.69, 9.17) is 4.74 Å². The Morgan fingerprint density at radius 2 is 1.65 bits per heavy atom. The molecule has 0 radical (unpaired) electrons. The van der Waals surface area contributed by atoms with Crippen LogP contribution in [0.25, 0.3) is 10.9 Å². The van der Waals surface area contributed by atoms with Gasteiger partial charge in [-0.1, -0.05) is 48.5 Å².